The first kappa shape index (κ1) is 15.7. The lowest BCUT2D eigenvalue weighted by Crippen LogP contribution is -2.38. The SMILES string of the molecule is CCc1nsc(N2CCCN(C(=O)Nc3cccnc3)CC2)n1. The van der Waals surface area contributed by atoms with Crippen LogP contribution in [0.15, 0.2) is 24.5 Å². The van der Waals surface area contributed by atoms with E-state index in [9.17, 15) is 4.79 Å². The largest absolute Gasteiger partial charge is 0.345 e. The van der Waals surface area contributed by atoms with Crippen molar-refractivity contribution in [3.63, 3.8) is 0 Å². The van der Waals surface area contributed by atoms with Crippen LogP contribution in [0.2, 0.25) is 0 Å². The first-order chi connectivity index (χ1) is 11.3. The zero-order chi connectivity index (χ0) is 16.1. The van der Waals surface area contributed by atoms with Crippen molar-refractivity contribution in [2.75, 3.05) is 36.4 Å². The number of amides is 2. The third-order valence-electron chi connectivity index (χ3n) is 3.74. The summed E-state index contributed by atoms with van der Waals surface area (Å²) in [7, 11) is 0. The van der Waals surface area contributed by atoms with Crippen molar-refractivity contribution in [1.29, 1.82) is 0 Å². The Hall–Kier alpha value is -2.22. The third kappa shape index (κ3) is 3.95. The summed E-state index contributed by atoms with van der Waals surface area (Å²) in [6.07, 6.45) is 5.10. The molecule has 1 fully saturated rings. The summed E-state index contributed by atoms with van der Waals surface area (Å²) >= 11 is 1.44. The van der Waals surface area contributed by atoms with E-state index < -0.39 is 0 Å². The Kier molecular flexibility index (Phi) is 5.02. The normalized spacial score (nSPS) is 15.3. The van der Waals surface area contributed by atoms with Gasteiger partial charge in [0.2, 0.25) is 5.13 Å². The Morgan fingerprint density at radius 1 is 1.35 bits per heavy atom. The highest BCUT2D eigenvalue weighted by Gasteiger charge is 2.21. The number of nitrogens with zero attached hydrogens (tertiary/aromatic N) is 5. The molecule has 2 aromatic heterocycles. The summed E-state index contributed by atoms with van der Waals surface area (Å²) in [6, 6.07) is 3.56. The predicted molar refractivity (Wildman–Crippen MR) is 90.9 cm³/mol. The lowest BCUT2D eigenvalue weighted by atomic mass is 10.4. The molecule has 8 heteroatoms. The number of carbonyl (C=O) groups excluding carboxylic acids is 1. The molecule has 3 rings (SSSR count). The molecule has 0 aromatic carbocycles. The minimum Gasteiger partial charge on any atom is -0.345 e. The van der Waals surface area contributed by atoms with Crippen LogP contribution in [0.25, 0.3) is 0 Å². The topological polar surface area (TPSA) is 74.2 Å². The van der Waals surface area contributed by atoms with Crippen molar-refractivity contribution < 1.29 is 4.79 Å². The number of carbonyl (C=O) groups is 1. The van der Waals surface area contributed by atoms with E-state index in [2.05, 4.69) is 31.5 Å². The van der Waals surface area contributed by atoms with E-state index in [-0.39, 0.29) is 6.03 Å². The van der Waals surface area contributed by atoms with Gasteiger partial charge in [0.05, 0.1) is 11.9 Å². The number of aryl methyl sites for hydroxylation is 1. The number of rotatable bonds is 3. The van der Waals surface area contributed by atoms with Gasteiger partial charge in [-0.1, -0.05) is 6.92 Å². The first-order valence-electron chi connectivity index (χ1n) is 7.79. The number of nitrogens with one attached hydrogen (secondary N) is 1. The molecule has 0 spiro atoms. The number of urea groups is 1. The molecule has 0 aliphatic carbocycles. The van der Waals surface area contributed by atoms with Crippen molar-refractivity contribution in [2.24, 2.45) is 0 Å². The molecule has 1 aliphatic rings. The summed E-state index contributed by atoms with van der Waals surface area (Å²) in [6.45, 7) is 5.14. The highest BCUT2D eigenvalue weighted by Crippen LogP contribution is 2.19. The Bertz CT molecular complexity index is 646. The molecule has 1 N–H and O–H groups in total. The van der Waals surface area contributed by atoms with Gasteiger partial charge in [-0.05, 0) is 18.6 Å². The van der Waals surface area contributed by atoms with Gasteiger partial charge in [0.25, 0.3) is 0 Å². The minimum atomic E-state index is -0.0774. The highest BCUT2D eigenvalue weighted by atomic mass is 32.1. The number of aromatic nitrogens is 3. The second-order valence-corrected chi connectivity index (χ2v) is 6.08. The molecule has 0 saturated carbocycles. The second-order valence-electron chi connectivity index (χ2n) is 5.35. The maximum atomic E-state index is 12.4. The minimum absolute atomic E-state index is 0.0774. The van der Waals surface area contributed by atoms with Crippen LogP contribution in [-0.2, 0) is 6.42 Å². The fourth-order valence-corrected chi connectivity index (χ4v) is 3.27. The van der Waals surface area contributed by atoms with E-state index in [1.54, 1.807) is 18.5 Å². The molecule has 1 aliphatic heterocycles. The zero-order valence-electron chi connectivity index (χ0n) is 13.1. The van der Waals surface area contributed by atoms with Crippen molar-refractivity contribution in [3.05, 3.63) is 30.4 Å². The van der Waals surface area contributed by atoms with E-state index in [1.807, 2.05) is 11.0 Å². The molecule has 1 saturated heterocycles. The predicted octanol–water partition coefficient (Wildman–Crippen LogP) is 2.24. The molecule has 3 heterocycles. The Morgan fingerprint density at radius 2 is 2.26 bits per heavy atom. The molecule has 0 atom stereocenters. The van der Waals surface area contributed by atoms with Gasteiger partial charge in [-0.25, -0.2) is 9.78 Å². The summed E-state index contributed by atoms with van der Waals surface area (Å²) in [4.78, 5) is 25.0. The van der Waals surface area contributed by atoms with Crippen LogP contribution in [0.4, 0.5) is 15.6 Å². The van der Waals surface area contributed by atoms with Gasteiger partial charge in [-0.3, -0.25) is 4.98 Å². The molecular formula is C15H20N6OS. The average Bonchev–Trinajstić information content (AvgIpc) is 2.92. The van der Waals surface area contributed by atoms with Crippen molar-refractivity contribution in [2.45, 2.75) is 19.8 Å². The standard InChI is InChI=1S/C15H20N6OS/c1-2-13-18-15(23-19-13)21-8-4-7-20(9-10-21)14(22)17-12-5-3-6-16-11-12/h3,5-6,11H,2,4,7-10H2,1H3,(H,17,22). The maximum absolute atomic E-state index is 12.4. The third-order valence-corrected chi connectivity index (χ3v) is 4.55. The van der Waals surface area contributed by atoms with Crippen LogP contribution < -0.4 is 10.2 Å². The zero-order valence-corrected chi connectivity index (χ0v) is 13.9. The Morgan fingerprint density at radius 3 is 3.00 bits per heavy atom. The fraction of sp³-hybridized carbons (Fsp3) is 0.467. The average molecular weight is 332 g/mol. The number of hydrogen-bond donors (Lipinski definition) is 1. The number of pyridine rings is 1. The molecule has 122 valence electrons. The van der Waals surface area contributed by atoms with E-state index in [4.69, 9.17) is 0 Å². The van der Waals surface area contributed by atoms with E-state index in [0.29, 0.717) is 6.54 Å². The van der Waals surface area contributed by atoms with Crippen LogP contribution in [0.5, 0.6) is 0 Å². The molecular weight excluding hydrogens is 312 g/mol. The van der Waals surface area contributed by atoms with Gasteiger partial charge in [-0.2, -0.15) is 4.37 Å². The van der Waals surface area contributed by atoms with Crippen LogP contribution in [0.3, 0.4) is 0 Å². The number of anilines is 2. The summed E-state index contributed by atoms with van der Waals surface area (Å²) in [5.41, 5.74) is 0.718. The first-order valence-corrected chi connectivity index (χ1v) is 8.57. The molecule has 23 heavy (non-hydrogen) atoms. The van der Waals surface area contributed by atoms with Gasteiger partial charge in [0.1, 0.15) is 5.82 Å². The van der Waals surface area contributed by atoms with Crippen molar-refractivity contribution >= 4 is 28.4 Å². The van der Waals surface area contributed by atoms with Crippen LogP contribution in [0.1, 0.15) is 19.2 Å². The van der Waals surface area contributed by atoms with Gasteiger partial charge in [0, 0.05) is 50.3 Å². The lowest BCUT2D eigenvalue weighted by Gasteiger charge is -2.21. The molecule has 2 amide bonds. The monoisotopic (exact) mass is 332 g/mol. The Balaban J connectivity index is 1.58. The Labute approximate surface area is 139 Å². The van der Waals surface area contributed by atoms with Crippen molar-refractivity contribution in [3.8, 4) is 0 Å². The fourth-order valence-electron chi connectivity index (χ4n) is 2.47. The van der Waals surface area contributed by atoms with Gasteiger partial charge in [-0.15, -0.1) is 0 Å². The van der Waals surface area contributed by atoms with Crippen LogP contribution >= 0.6 is 11.5 Å². The number of hydrogen-bond acceptors (Lipinski definition) is 6. The van der Waals surface area contributed by atoms with Gasteiger partial charge < -0.3 is 15.1 Å². The summed E-state index contributed by atoms with van der Waals surface area (Å²) < 4.78 is 4.34. The molecule has 0 bridgehead atoms. The quantitative estimate of drug-likeness (QED) is 0.933. The summed E-state index contributed by atoms with van der Waals surface area (Å²) in [5.74, 6) is 0.889. The van der Waals surface area contributed by atoms with Crippen LogP contribution in [-0.4, -0.2) is 51.5 Å². The highest BCUT2D eigenvalue weighted by molar-refractivity contribution is 7.09. The van der Waals surface area contributed by atoms with Gasteiger partial charge in [0.15, 0.2) is 0 Å². The lowest BCUT2D eigenvalue weighted by molar-refractivity contribution is 0.215. The van der Waals surface area contributed by atoms with E-state index in [1.165, 1.54) is 11.5 Å². The molecule has 0 unspecified atom stereocenters. The second kappa shape index (κ2) is 7.36. The molecule has 0 radical (unpaired) electrons. The van der Waals surface area contributed by atoms with Gasteiger partial charge >= 0.3 is 6.03 Å². The van der Waals surface area contributed by atoms with Crippen molar-refractivity contribution in [1.82, 2.24) is 19.2 Å². The summed E-state index contributed by atoms with van der Waals surface area (Å²) in [5, 5.41) is 3.84. The maximum Gasteiger partial charge on any atom is 0.321 e. The van der Waals surface area contributed by atoms with E-state index >= 15 is 0 Å². The van der Waals surface area contributed by atoms with E-state index in [0.717, 1.165) is 49.1 Å². The van der Waals surface area contributed by atoms with Crippen LogP contribution in [0, 0.1) is 0 Å². The smallest absolute Gasteiger partial charge is 0.321 e. The molecule has 7 nitrogen and oxygen atoms in total. The molecule has 2 aromatic rings.